The largest absolute Gasteiger partial charge is 0.462 e. The van der Waals surface area contributed by atoms with Crippen molar-refractivity contribution >= 4 is 5.97 Å². The predicted octanol–water partition coefficient (Wildman–Crippen LogP) is 2.09. The van der Waals surface area contributed by atoms with Gasteiger partial charge in [0.2, 0.25) is 0 Å². The average molecular weight is 313 g/mol. The molecule has 0 aromatic carbocycles. The summed E-state index contributed by atoms with van der Waals surface area (Å²) in [5.74, 6) is 0.505. The van der Waals surface area contributed by atoms with Crippen LogP contribution in [0, 0.1) is 11.8 Å². The second-order valence-electron chi connectivity index (χ2n) is 7.57. The molecule has 0 bridgehead atoms. The van der Waals surface area contributed by atoms with Gasteiger partial charge in [-0.1, -0.05) is 13.8 Å². The molecular weight excluding hydrogens is 282 g/mol. The van der Waals surface area contributed by atoms with Crippen molar-refractivity contribution < 1.29 is 19.0 Å². The minimum absolute atomic E-state index is 0.0437. The molecule has 0 spiro atoms. The van der Waals surface area contributed by atoms with Gasteiger partial charge in [0, 0.05) is 38.4 Å². The third-order valence-electron chi connectivity index (χ3n) is 4.36. The van der Waals surface area contributed by atoms with Gasteiger partial charge in [0.05, 0.1) is 25.4 Å². The first kappa shape index (κ1) is 17.7. The maximum absolute atomic E-state index is 12.1. The zero-order valence-electron chi connectivity index (χ0n) is 14.5. The van der Waals surface area contributed by atoms with Crippen molar-refractivity contribution in [1.29, 1.82) is 0 Å². The second-order valence-corrected chi connectivity index (χ2v) is 7.57. The molecule has 2 fully saturated rings. The normalized spacial score (nSPS) is 29.5. The van der Waals surface area contributed by atoms with E-state index in [9.17, 15) is 4.79 Å². The summed E-state index contributed by atoms with van der Waals surface area (Å²) in [4.78, 5) is 14.5. The number of rotatable bonds is 5. The van der Waals surface area contributed by atoms with Crippen LogP contribution in [0.2, 0.25) is 0 Å². The van der Waals surface area contributed by atoms with Crippen molar-refractivity contribution in [3.63, 3.8) is 0 Å². The molecule has 2 heterocycles. The molecule has 5 heteroatoms. The molecule has 2 unspecified atom stereocenters. The van der Waals surface area contributed by atoms with E-state index in [0.717, 1.165) is 39.3 Å². The number of hydrogen-bond acceptors (Lipinski definition) is 5. The lowest BCUT2D eigenvalue weighted by atomic mass is 9.88. The van der Waals surface area contributed by atoms with Crippen LogP contribution < -0.4 is 0 Å². The topological polar surface area (TPSA) is 48.0 Å². The van der Waals surface area contributed by atoms with Crippen LogP contribution in [0.3, 0.4) is 0 Å². The third-order valence-corrected chi connectivity index (χ3v) is 4.36. The Balaban J connectivity index is 1.93. The van der Waals surface area contributed by atoms with Crippen LogP contribution in [-0.4, -0.2) is 62.0 Å². The van der Waals surface area contributed by atoms with E-state index in [1.807, 2.05) is 13.8 Å². The van der Waals surface area contributed by atoms with Gasteiger partial charge in [0.15, 0.2) is 0 Å². The Morgan fingerprint density at radius 1 is 1.32 bits per heavy atom. The lowest BCUT2D eigenvalue weighted by Gasteiger charge is -2.42. The highest BCUT2D eigenvalue weighted by molar-refractivity contribution is 5.69. The maximum atomic E-state index is 12.1. The van der Waals surface area contributed by atoms with Crippen LogP contribution in [0.4, 0.5) is 0 Å². The summed E-state index contributed by atoms with van der Waals surface area (Å²) in [5, 5.41) is 0. The molecule has 2 aliphatic heterocycles. The van der Waals surface area contributed by atoms with Gasteiger partial charge in [-0.3, -0.25) is 9.69 Å². The minimum atomic E-state index is -0.218. The molecule has 128 valence electrons. The third kappa shape index (κ3) is 5.52. The summed E-state index contributed by atoms with van der Waals surface area (Å²) in [6.07, 6.45) is 1.21. The molecule has 22 heavy (non-hydrogen) atoms. The molecule has 2 rings (SSSR count). The highest BCUT2D eigenvalue weighted by Gasteiger charge is 2.39. The molecule has 0 aliphatic carbocycles. The van der Waals surface area contributed by atoms with E-state index in [0.29, 0.717) is 18.9 Å². The smallest absolute Gasteiger partial charge is 0.306 e. The lowest BCUT2D eigenvalue weighted by Crippen LogP contribution is -2.50. The number of esters is 1. The monoisotopic (exact) mass is 313 g/mol. The van der Waals surface area contributed by atoms with E-state index in [-0.39, 0.29) is 23.6 Å². The highest BCUT2D eigenvalue weighted by atomic mass is 16.6. The van der Waals surface area contributed by atoms with Gasteiger partial charge in [-0.2, -0.15) is 0 Å². The molecule has 0 aromatic rings. The molecule has 2 aliphatic rings. The summed E-state index contributed by atoms with van der Waals surface area (Å²) in [5.41, 5.74) is -0.218. The number of morpholine rings is 1. The first-order valence-electron chi connectivity index (χ1n) is 8.49. The van der Waals surface area contributed by atoms with E-state index in [1.165, 1.54) is 0 Å². The highest BCUT2D eigenvalue weighted by Crippen LogP contribution is 2.31. The van der Waals surface area contributed by atoms with E-state index >= 15 is 0 Å². The SMILES string of the molecule is CC(C)CC(=O)OC1CC(C)(C)OCC1CN1CCOCC1. The zero-order valence-corrected chi connectivity index (χ0v) is 14.5. The first-order valence-corrected chi connectivity index (χ1v) is 8.49. The van der Waals surface area contributed by atoms with Crippen molar-refractivity contribution in [2.45, 2.75) is 52.2 Å². The Morgan fingerprint density at radius 2 is 2.00 bits per heavy atom. The van der Waals surface area contributed by atoms with E-state index < -0.39 is 0 Å². The molecule has 2 atom stereocenters. The van der Waals surface area contributed by atoms with Gasteiger partial charge < -0.3 is 14.2 Å². The number of carbonyl (C=O) groups excluding carboxylic acids is 1. The molecule has 0 saturated carbocycles. The van der Waals surface area contributed by atoms with Gasteiger partial charge in [-0.25, -0.2) is 0 Å². The second kappa shape index (κ2) is 7.75. The van der Waals surface area contributed by atoms with Crippen LogP contribution in [0.5, 0.6) is 0 Å². The van der Waals surface area contributed by atoms with Gasteiger partial charge in [-0.05, 0) is 19.8 Å². The van der Waals surface area contributed by atoms with E-state index in [2.05, 4.69) is 18.7 Å². The Kier molecular flexibility index (Phi) is 6.24. The van der Waals surface area contributed by atoms with Crippen LogP contribution in [0.25, 0.3) is 0 Å². The number of hydrogen-bond donors (Lipinski definition) is 0. The minimum Gasteiger partial charge on any atom is -0.462 e. The lowest BCUT2D eigenvalue weighted by molar-refractivity contribution is -0.176. The first-order chi connectivity index (χ1) is 10.4. The summed E-state index contributed by atoms with van der Waals surface area (Å²) in [6, 6.07) is 0. The van der Waals surface area contributed by atoms with Gasteiger partial charge in [0.1, 0.15) is 6.10 Å². The Labute approximate surface area is 134 Å². The Bertz CT molecular complexity index is 364. The molecule has 2 saturated heterocycles. The van der Waals surface area contributed by atoms with Gasteiger partial charge in [-0.15, -0.1) is 0 Å². The molecule has 5 nitrogen and oxygen atoms in total. The fourth-order valence-corrected chi connectivity index (χ4v) is 3.12. The van der Waals surface area contributed by atoms with Crippen LogP contribution >= 0.6 is 0 Å². The van der Waals surface area contributed by atoms with Crippen LogP contribution in [0.1, 0.15) is 40.5 Å². The molecule has 0 N–H and O–H groups in total. The molecule has 0 amide bonds. The number of carbonyl (C=O) groups is 1. The molecule has 0 radical (unpaired) electrons. The molecule has 0 aromatic heterocycles. The van der Waals surface area contributed by atoms with Gasteiger partial charge >= 0.3 is 5.97 Å². The van der Waals surface area contributed by atoms with Crippen molar-refractivity contribution in [3.05, 3.63) is 0 Å². The Hall–Kier alpha value is -0.650. The van der Waals surface area contributed by atoms with Crippen molar-refractivity contribution in [3.8, 4) is 0 Å². The van der Waals surface area contributed by atoms with Crippen molar-refractivity contribution in [2.75, 3.05) is 39.5 Å². The summed E-state index contributed by atoms with van der Waals surface area (Å²) in [6.45, 7) is 13.3. The summed E-state index contributed by atoms with van der Waals surface area (Å²) in [7, 11) is 0. The molecular formula is C17H31NO4. The number of ether oxygens (including phenoxy) is 3. The Morgan fingerprint density at radius 3 is 2.64 bits per heavy atom. The fourth-order valence-electron chi connectivity index (χ4n) is 3.12. The fraction of sp³-hybridized carbons (Fsp3) is 0.941. The quantitative estimate of drug-likeness (QED) is 0.727. The summed E-state index contributed by atoms with van der Waals surface area (Å²) < 4.78 is 17.2. The zero-order chi connectivity index (χ0) is 16.2. The van der Waals surface area contributed by atoms with E-state index in [1.54, 1.807) is 0 Å². The maximum Gasteiger partial charge on any atom is 0.306 e. The van der Waals surface area contributed by atoms with Crippen LogP contribution in [-0.2, 0) is 19.0 Å². The summed E-state index contributed by atoms with van der Waals surface area (Å²) >= 11 is 0. The average Bonchev–Trinajstić information content (AvgIpc) is 2.41. The number of nitrogens with zero attached hydrogens (tertiary/aromatic N) is 1. The van der Waals surface area contributed by atoms with E-state index in [4.69, 9.17) is 14.2 Å². The van der Waals surface area contributed by atoms with Crippen molar-refractivity contribution in [2.24, 2.45) is 11.8 Å². The standard InChI is InChI=1S/C17H31NO4/c1-13(2)9-16(19)22-15-10-17(3,4)21-12-14(15)11-18-5-7-20-8-6-18/h13-15H,5-12H2,1-4H3. The predicted molar refractivity (Wildman–Crippen MR) is 84.7 cm³/mol. The van der Waals surface area contributed by atoms with Crippen molar-refractivity contribution in [1.82, 2.24) is 4.90 Å². The van der Waals surface area contributed by atoms with Crippen LogP contribution in [0.15, 0.2) is 0 Å². The van der Waals surface area contributed by atoms with Gasteiger partial charge in [0.25, 0.3) is 0 Å².